The minimum absolute atomic E-state index is 0.143. The Kier molecular flexibility index (Phi) is 8.07. The summed E-state index contributed by atoms with van der Waals surface area (Å²) in [5.74, 6) is 0.148. The van der Waals surface area contributed by atoms with Crippen LogP contribution in [0.5, 0.6) is 5.75 Å². The van der Waals surface area contributed by atoms with E-state index in [0.29, 0.717) is 12.3 Å². The summed E-state index contributed by atoms with van der Waals surface area (Å²) in [5, 5.41) is 2.60. The first-order chi connectivity index (χ1) is 13.2. The fourth-order valence-corrected chi connectivity index (χ4v) is 3.52. The van der Waals surface area contributed by atoms with Gasteiger partial charge in [-0.1, -0.05) is 44.0 Å². The van der Waals surface area contributed by atoms with Gasteiger partial charge in [-0.05, 0) is 61.7 Å². The van der Waals surface area contributed by atoms with Gasteiger partial charge in [0.25, 0.3) is 5.91 Å². The van der Waals surface area contributed by atoms with E-state index < -0.39 is 6.04 Å². The topological polar surface area (TPSA) is 58.6 Å². The van der Waals surface area contributed by atoms with E-state index in [9.17, 15) is 9.59 Å². The highest BCUT2D eigenvalue weighted by Gasteiger charge is 2.26. The Bertz CT molecular complexity index is 847. The van der Waals surface area contributed by atoms with Gasteiger partial charge in [0.15, 0.2) is 6.61 Å². The number of ether oxygens (including phenoxy) is 1. The average Bonchev–Trinajstić information content (AvgIpc) is 2.67. The molecule has 2 aromatic rings. The lowest BCUT2D eigenvalue weighted by Gasteiger charge is -2.28. The number of amides is 2. The smallest absolute Gasteiger partial charge is 0.261 e. The molecule has 0 saturated heterocycles. The number of hydrogen-bond donors (Lipinski definition) is 1. The third-order valence-electron chi connectivity index (χ3n) is 4.43. The van der Waals surface area contributed by atoms with Gasteiger partial charge in [-0.3, -0.25) is 9.59 Å². The molecule has 0 bridgehead atoms. The van der Waals surface area contributed by atoms with Crippen LogP contribution >= 0.6 is 31.9 Å². The van der Waals surface area contributed by atoms with Crippen LogP contribution in [0.1, 0.15) is 23.6 Å². The standard InChI is InChI=1S/C21H24Br2N2O3/c1-13-8-18(9-14(2)20(13)23)28-12-19(26)25(15(3)21(27)24-4)11-16-6-5-7-17(22)10-16/h5-10,15H,11-12H2,1-4H3,(H,24,27)/t15-/m1/s1. The van der Waals surface area contributed by atoms with Crippen LogP contribution in [-0.4, -0.2) is 36.4 Å². The van der Waals surface area contributed by atoms with Crippen molar-refractivity contribution in [3.63, 3.8) is 0 Å². The molecular formula is C21H24Br2N2O3. The monoisotopic (exact) mass is 510 g/mol. The van der Waals surface area contributed by atoms with Crippen molar-refractivity contribution in [2.75, 3.05) is 13.7 Å². The van der Waals surface area contributed by atoms with Gasteiger partial charge in [0.2, 0.25) is 5.91 Å². The molecule has 150 valence electrons. The summed E-state index contributed by atoms with van der Waals surface area (Å²) >= 11 is 6.96. The van der Waals surface area contributed by atoms with E-state index in [1.807, 2.05) is 50.2 Å². The maximum Gasteiger partial charge on any atom is 0.261 e. The van der Waals surface area contributed by atoms with Crippen molar-refractivity contribution in [2.45, 2.75) is 33.4 Å². The van der Waals surface area contributed by atoms with Crippen LogP contribution in [0.25, 0.3) is 0 Å². The molecule has 1 atom stereocenters. The molecule has 0 spiro atoms. The fraction of sp³-hybridized carbons (Fsp3) is 0.333. The lowest BCUT2D eigenvalue weighted by molar-refractivity contribution is -0.142. The summed E-state index contributed by atoms with van der Waals surface area (Å²) in [6, 6.07) is 10.8. The SMILES string of the molecule is CNC(=O)[C@@H](C)N(Cc1cccc(Br)c1)C(=O)COc1cc(C)c(Br)c(C)c1. The second-order valence-corrected chi connectivity index (χ2v) is 8.31. The lowest BCUT2D eigenvalue weighted by Crippen LogP contribution is -2.48. The lowest BCUT2D eigenvalue weighted by atomic mass is 10.1. The molecule has 0 aliphatic carbocycles. The predicted octanol–water partition coefficient (Wildman–Crippen LogP) is 4.37. The number of carbonyl (C=O) groups is 2. The summed E-state index contributed by atoms with van der Waals surface area (Å²) in [7, 11) is 1.56. The van der Waals surface area contributed by atoms with Gasteiger partial charge >= 0.3 is 0 Å². The maximum absolute atomic E-state index is 12.9. The molecule has 0 saturated carbocycles. The first-order valence-electron chi connectivity index (χ1n) is 8.88. The Balaban J connectivity index is 2.17. The van der Waals surface area contributed by atoms with Crippen molar-refractivity contribution in [2.24, 2.45) is 0 Å². The first-order valence-corrected chi connectivity index (χ1v) is 10.5. The number of halogens is 2. The molecule has 28 heavy (non-hydrogen) atoms. The summed E-state index contributed by atoms with van der Waals surface area (Å²) in [6.45, 7) is 5.82. The zero-order valence-electron chi connectivity index (χ0n) is 16.4. The van der Waals surface area contributed by atoms with Gasteiger partial charge in [0.05, 0.1) is 0 Å². The Hall–Kier alpha value is -1.86. The van der Waals surface area contributed by atoms with E-state index in [0.717, 1.165) is 25.6 Å². The Morgan fingerprint density at radius 1 is 1.14 bits per heavy atom. The van der Waals surface area contributed by atoms with Crippen molar-refractivity contribution in [1.29, 1.82) is 0 Å². The Labute approximate surface area is 182 Å². The van der Waals surface area contributed by atoms with Gasteiger partial charge in [-0.2, -0.15) is 0 Å². The molecule has 0 aliphatic rings. The van der Waals surface area contributed by atoms with E-state index in [4.69, 9.17) is 4.74 Å². The van der Waals surface area contributed by atoms with Crippen molar-refractivity contribution in [1.82, 2.24) is 10.2 Å². The second-order valence-electron chi connectivity index (χ2n) is 6.60. The van der Waals surface area contributed by atoms with E-state index >= 15 is 0 Å². The molecule has 0 radical (unpaired) electrons. The third kappa shape index (κ3) is 5.82. The van der Waals surface area contributed by atoms with Crippen molar-refractivity contribution >= 4 is 43.7 Å². The van der Waals surface area contributed by atoms with E-state index in [-0.39, 0.29) is 18.4 Å². The number of hydrogen-bond acceptors (Lipinski definition) is 3. The molecule has 0 fully saturated rings. The molecule has 0 heterocycles. The van der Waals surface area contributed by atoms with Crippen LogP contribution in [0.4, 0.5) is 0 Å². The third-order valence-corrected chi connectivity index (χ3v) is 6.17. The van der Waals surface area contributed by atoms with Gasteiger partial charge in [0, 0.05) is 22.5 Å². The second kappa shape index (κ2) is 10.1. The zero-order chi connectivity index (χ0) is 20.8. The van der Waals surface area contributed by atoms with E-state index in [1.54, 1.807) is 14.0 Å². The summed E-state index contributed by atoms with van der Waals surface area (Å²) in [6.07, 6.45) is 0. The molecule has 0 aliphatic heterocycles. The number of aryl methyl sites for hydroxylation is 2. The quantitative estimate of drug-likeness (QED) is 0.600. The highest BCUT2D eigenvalue weighted by molar-refractivity contribution is 9.10. The van der Waals surface area contributed by atoms with Crippen LogP contribution in [0.3, 0.4) is 0 Å². The van der Waals surface area contributed by atoms with Crippen molar-refractivity contribution in [3.8, 4) is 5.75 Å². The van der Waals surface area contributed by atoms with Crippen molar-refractivity contribution in [3.05, 3.63) is 62.0 Å². The van der Waals surface area contributed by atoms with Gasteiger partial charge < -0.3 is 15.0 Å². The summed E-state index contributed by atoms with van der Waals surface area (Å²) in [5.41, 5.74) is 2.99. The summed E-state index contributed by atoms with van der Waals surface area (Å²) in [4.78, 5) is 26.6. The van der Waals surface area contributed by atoms with E-state index in [2.05, 4.69) is 37.2 Å². The highest BCUT2D eigenvalue weighted by Crippen LogP contribution is 2.26. The van der Waals surface area contributed by atoms with Gasteiger partial charge in [-0.15, -0.1) is 0 Å². The van der Waals surface area contributed by atoms with Crippen LogP contribution in [0, 0.1) is 13.8 Å². The number of likely N-dealkylation sites (N-methyl/N-ethyl adjacent to an activating group) is 1. The maximum atomic E-state index is 12.9. The van der Waals surface area contributed by atoms with E-state index in [1.165, 1.54) is 4.90 Å². The fourth-order valence-electron chi connectivity index (χ4n) is 2.84. The number of rotatable bonds is 7. The Morgan fingerprint density at radius 3 is 2.36 bits per heavy atom. The number of benzene rings is 2. The molecule has 2 aromatic carbocycles. The van der Waals surface area contributed by atoms with Crippen molar-refractivity contribution < 1.29 is 14.3 Å². The van der Waals surface area contributed by atoms with Crippen LogP contribution in [-0.2, 0) is 16.1 Å². The normalized spacial score (nSPS) is 11.6. The average molecular weight is 512 g/mol. The highest BCUT2D eigenvalue weighted by atomic mass is 79.9. The molecule has 0 aromatic heterocycles. The molecular weight excluding hydrogens is 488 g/mol. The molecule has 7 heteroatoms. The molecule has 1 N–H and O–H groups in total. The van der Waals surface area contributed by atoms with Gasteiger partial charge in [0.1, 0.15) is 11.8 Å². The zero-order valence-corrected chi connectivity index (χ0v) is 19.6. The predicted molar refractivity (Wildman–Crippen MR) is 117 cm³/mol. The van der Waals surface area contributed by atoms with Crippen LogP contribution < -0.4 is 10.1 Å². The van der Waals surface area contributed by atoms with Gasteiger partial charge in [-0.25, -0.2) is 0 Å². The molecule has 0 unspecified atom stereocenters. The minimum Gasteiger partial charge on any atom is -0.484 e. The van der Waals surface area contributed by atoms with Crippen LogP contribution in [0.2, 0.25) is 0 Å². The molecule has 5 nitrogen and oxygen atoms in total. The van der Waals surface area contributed by atoms with Crippen LogP contribution in [0.15, 0.2) is 45.3 Å². The molecule has 2 rings (SSSR count). The molecule has 2 amide bonds. The Morgan fingerprint density at radius 2 is 1.79 bits per heavy atom. The minimum atomic E-state index is -0.617. The number of nitrogens with zero attached hydrogens (tertiary/aromatic N) is 1. The summed E-state index contributed by atoms with van der Waals surface area (Å²) < 4.78 is 7.68. The number of carbonyl (C=O) groups excluding carboxylic acids is 2. The largest absolute Gasteiger partial charge is 0.484 e. The number of nitrogens with one attached hydrogen (secondary N) is 1. The first kappa shape index (κ1) is 22.4.